The van der Waals surface area contributed by atoms with E-state index in [4.69, 9.17) is 0 Å². The summed E-state index contributed by atoms with van der Waals surface area (Å²) < 4.78 is 0. The average Bonchev–Trinajstić information content (AvgIpc) is 2.86. The minimum absolute atomic E-state index is 0.922. The third kappa shape index (κ3) is 1.22. The van der Waals surface area contributed by atoms with Crippen LogP contribution in [0.2, 0.25) is 0 Å². The van der Waals surface area contributed by atoms with Gasteiger partial charge in [0.15, 0.2) is 0 Å². The number of rotatable bonds is 1. The Balaban J connectivity index is 2.27. The van der Waals surface area contributed by atoms with Gasteiger partial charge < -0.3 is 4.98 Å². The zero-order chi connectivity index (χ0) is 10.3. The van der Waals surface area contributed by atoms with Gasteiger partial charge in [-0.1, -0.05) is 0 Å². The van der Waals surface area contributed by atoms with Crippen molar-refractivity contribution in [3.8, 4) is 11.3 Å². The molecule has 3 heterocycles. The second kappa shape index (κ2) is 2.95. The number of nitrogens with zero attached hydrogens (tertiary/aromatic N) is 2. The molecule has 0 saturated carbocycles. The van der Waals surface area contributed by atoms with Gasteiger partial charge in [0.1, 0.15) is 5.65 Å². The number of hydrogen-bond acceptors (Lipinski definition) is 2. The van der Waals surface area contributed by atoms with E-state index in [1.165, 1.54) is 5.56 Å². The van der Waals surface area contributed by atoms with Crippen molar-refractivity contribution in [2.45, 2.75) is 6.92 Å². The highest BCUT2D eigenvalue weighted by molar-refractivity contribution is 5.85. The summed E-state index contributed by atoms with van der Waals surface area (Å²) in [5, 5.41) is 7.88. The predicted molar refractivity (Wildman–Crippen MR) is 58.4 cm³/mol. The number of nitrogens with one attached hydrogen (secondary N) is 2. The monoisotopic (exact) mass is 198 g/mol. The van der Waals surface area contributed by atoms with Crippen LogP contribution in [-0.4, -0.2) is 20.2 Å². The van der Waals surface area contributed by atoms with Crippen LogP contribution in [0.1, 0.15) is 5.56 Å². The fraction of sp³-hybridized carbons (Fsp3) is 0.0909. The Bertz CT molecular complexity index is 592. The van der Waals surface area contributed by atoms with E-state index < -0.39 is 0 Å². The molecule has 74 valence electrons. The second-order valence-corrected chi connectivity index (χ2v) is 3.56. The highest BCUT2D eigenvalue weighted by atomic mass is 15.1. The smallest absolute Gasteiger partial charge is 0.137 e. The Labute approximate surface area is 86.4 Å². The number of hydrogen-bond donors (Lipinski definition) is 2. The first-order valence-electron chi connectivity index (χ1n) is 4.78. The molecule has 4 nitrogen and oxygen atoms in total. The van der Waals surface area contributed by atoms with E-state index in [1.54, 1.807) is 6.20 Å². The molecular weight excluding hydrogens is 188 g/mol. The van der Waals surface area contributed by atoms with Gasteiger partial charge in [-0.2, -0.15) is 5.10 Å². The van der Waals surface area contributed by atoms with Gasteiger partial charge in [-0.3, -0.25) is 5.10 Å². The number of fused-ring (bicyclic) bond motifs is 1. The number of pyridine rings is 1. The lowest BCUT2D eigenvalue weighted by Gasteiger charge is -1.91. The fourth-order valence-corrected chi connectivity index (χ4v) is 1.71. The standard InChI is InChI=1S/C11H10N4/c1-7-2-3-12-11-9(7)4-10(15-11)8-5-13-14-6-8/h2-6H,1H3,(H,12,15)(H,13,14). The van der Waals surface area contributed by atoms with E-state index in [0.29, 0.717) is 0 Å². The molecule has 0 unspecified atom stereocenters. The summed E-state index contributed by atoms with van der Waals surface area (Å²) in [4.78, 5) is 7.55. The Morgan fingerprint density at radius 1 is 1.33 bits per heavy atom. The number of aromatic amines is 2. The lowest BCUT2D eigenvalue weighted by atomic mass is 10.2. The first-order valence-corrected chi connectivity index (χ1v) is 4.78. The normalized spacial score (nSPS) is 11.0. The van der Waals surface area contributed by atoms with Crippen LogP contribution in [0.25, 0.3) is 22.3 Å². The van der Waals surface area contributed by atoms with Gasteiger partial charge in [0.05, 0.1) is 11.9 Å². The summed E-state index contributed by atoms with van der Waals surface area (Å²) in [6.45, 7) is 2.08. The SMILES string of the molecule is Cc1ccnc2[nH]c(-c3cn[nH]c3)cc12. The van der Waals surface area contributed by atoms with E-state index >= 15 is 0 Å². The van der Waals surface area contributed by atoms with Crippen molar-refractivity contribution in [1.29, 1.82) is 0 Å². The van der Waals surface area contributed by atoms with Gasteiger partial charge in [-0.25, -0.2) is 4.98 Å². The van der Waals surface area contributed by atoms with Crippen molar-refractivity contribution in [1.82, 2.24) is 20.2 Å². The number of H-pyrrole nitrogens is 2. The molecule has 0 bridgehead atoms. The Hall–Kier alpha value is -2.10. The van der Waals surface area contributed by atoms with Gasteiger partial charge >= 0.3 is 0 Å². The van der Waals surface area contributed by atoms with E-state index in [1.807, 2.05) is 18.5 Å². The predicted octanol–water partition coefficient (Wildman–Crippen LogP) is 2.26. The summed E-state index contributed by atoms with van der Waals surface area (Å²) in [5.74, 6) is 0. The summed E-state index contributed by atoms with van der Waals surface area (Å²) >= 11 is 0. The van der Waals surface area contributed by atoms with Crippen LogP contribution < -0.4 is 0 Å². The lowest BCUT2D eigenvalue weighted by Crippen LogP contribution is -1.77. The minimum Gasteiger partial charge on any atom is -0.339 e. The molecule has 0 aliphatic carbocycles. The van der Waals surface area contributed by atoms with Crippen LogP contribution in [0.4, 0.5) is 0 Å². The topological polar surface area (TPSA) is 57.4 Å². The number of aromatic nitrogens is 4. The molecule has 2 N–H and O–H groups in total. The van der Waals surface area contributed by atoms with Crippen LogP contribution in [0.3, 0.4) is 0 Å². The molecule has 3 rings (SSSR count). The average molecular weight is 198 g/mol. The van der Waals surface area contributed by atoms with Crippen LogP contribution in [0, 0.1) is 6.92 Å². The molecule has 0 atom stereocenters. The van der Waals surface area contributed by atoms with Gasteiger partial charge in [0, 0.05) is 23.3 Å². The van der Waals surface area contributed by atoms with Gasteiger partial charge in [0.2, 0.25) is 0 Å². The molecule has 0 saturated heterocycles. The zero-order valence-electron chi connectivity index (χ0n) is 8.28. The van der Waals surface area contributed by atoms with Crippen molar-refractivity contribution < 1.29 is 0 Å². The van der Waals surface area contributed by atoms with Crippen molar-refractivity contribution in [3.63, 3.8) is 0 Å². The van der Waals surface area contributed by atoms with E-state index in [0.717, 1.165) is 22.3 Å². The molecule has 4 heteroatoms. The van der Waals surface area contributed by atoms with Gasteiger partial charge in [-0.05, 0) is 24.6 Å². The van der Waals surface area contributed by atoms with Crippen LogP contribution in [-0.2, 0) is 0 Å². The van der Waals surface area contributed by atoms with E-state index in [-0.39, 0.29) is 0 Å². The summed E-state index contributed by atoms with van der Waals surface area (Å²) in [6, 6.07) is 4.11. The van der Waals surface area contributed by atoms with Crippen LogP contribution in [0.5, 0.6) is 0 Å². The molecule has 15 heavy (non-hydrogen) atoms. The second-order valence-electron chi connectivity index (χ2n) is 3.56. The number of aryl methyl sites for hydroxylation is 1. The highest BCUT2D eigenvalue weighted by Gasteiger charge is 2.05. The maximum atomic E-state index is 4.29. The van der Waals surface area contributed by atoms with E-state index in [9.17, 15) is 0 Å². The molecule has 0 aliphatic rings. The quantitative estimate of drug-likeness (QED) is 0.630. The molecule has 0 aliphatic heterocycles. The summed E-state index contributed by atoms with van der Waals surface area (Å²) in [6.07, 6.45) is 5.47. The largest absolute Gasteiger partial charge is 0.339 e. The van der Waals surface area contributed by atoms with Gasteiger partial charge in [0.25, 0.3) is 0 Å². The maximum absolute atomic E-state index is 4.29. The maximum Gasteiger partial charge on any atom is 0.137 e. The van der Waals surface area contributed by atoms with Crippen LogP contribution >= 0.6 is 0 Å². The summed E-state index contributed by atoms with van der Waals surface area (Å²) in [7, 11) is 0. The fourth-order valence-electron chi connectivity index (χ4n) is 1.71. The Morgan fingerprint density at radius 2 is 2.27 bits per heavy atom. The molecular formula is C11H10N4. The highest BCUT2D eigenvalue weighted by Crippen LogP contribution is 2.23. The zero-order valence-corrected chi connectivity index (χ0v) is 8.28. The van der Waals surface area contributed by atoms with Crippen molar-refractivity contribution in [2.75, 3.05) is 0 Å². The van der Waals surface area contributed by atoms with Crippen molar-refractivity contribution >= 4 is 11.0 Å². The van der Waals surface area contributed by atoms with Crippen LogP contribution in [0.15, 0.2) is 30.7 Å². The Morgan fingerprint density at radius 3 is 3.00 bits per heavy atom. The summed E-state index contributed by atoms with van der Waals surface area (Å²) in [5.41, 5.74) is 4.24. The molecule has 0 fully saturated rings. The third-order valence-electron chi connectivity index (χ3n) is 2.56. The third-order valence-corrected chi connectivity index (χ3v) is 2.56. The molecule has 0 aromatic carbocycles. The Kier molecular flexibility index (Phi) is 1.62. The van der Waals surface area contributed by atoms with Gasteiger partial charge in [-0.15, -0.1) is 0 Å². The minimum atomic E-state index is 0.922. The molecule has 3 aromatic heterocycles. The van der Waals surface area contributed by atoms with Crippen molar-refractivity contribution in [2.24, 2.45) is 0 Å². The lowest BCUT2D eigenvalue weighted by molar-refractivity contribution is 1.09. The molecule has 0 amide bonds. The first-order chi connectivity index (χ1) is 7.34. The molecule has 3 aromatic rings. The first kappa shape index (κ1) is 8.23. The van der Waals surface area contributed by atoms with Crippen molar-refractivity contribution in [3.05, 3.63) is 36.3 Å². The van der Waals surface area contributed by atoms with E-state index in [2.05, 4.69) is 33.2 Å². The molecule has 0 radical (unpaired) electrons. The molecule has 0 spiro atoms.